The summed E-state index contributed by atoms with van der Waals surface area (Å²) in [5.41, 5.74) is 1.13. The van der Waals surface area contributed by atoms with Crippen LogP contribution in [0.3, 0.4) is 0 Å². The van der Waals surface area contributed by atoms with Crippen LogP contribution in [0.15, 0.2) is 53.7 Å². The third kappa shape index (κ3) is 6.00. The summed E-state index contributed by atoms with van der Waals surface area (Å²) in [6, 6.07) is 14.1. The number of carbonyl (C=O) groups excluding carboxylic acids is 1. The molecule has 1 aliphatic rings. The summed E-state index contributed by atoms with van der Waals surface area (Å²) in [7, 11) is 0. The summed E-state index contributed by atoms with van der Waals surface area (Å²) in [4.78, 5) is 28.0. The number of carbonyl (C=O) groups is 1. The number of amides is 1. The van der Waals surface area contributed by atoms with Crippen LogP contribution in [0.25, 0.3) is 0 Å². The summed E-state index contributed by atoms with van der Waals surface area (Å²) in [6.45, 7) is 2.55. The van der Waals surface area contributed by atoms with Crippen LogP contribution in [0.4, 0.5) is 23.3 Å². The van der Waals surface area contributed by atoms with Gasteiger partial charge in [-0.25, -0.2) is 0 Å². The molecule has 0 spiro atoms. The summed E-state index contributed by atoms with van der Waals surface area (Å²) in [5, 5.41) is 16.6. The van der Waals surface area contributed by atoms with E-state index in [0.717, 1.165) is 5.69 Å². The van der Waals surface area contributed by atoms with Crippen molar-refractivity contribution in [3.8, 4) is 5.75 Å². The molecule has 1 fully saturated rings. The van der Waals surface area contributed by atoms with Gasteiger partial charge in [-0.1, -0.05) is 41.6 Å². The van der Waals surface area contributed by atoms with E-state index < -0.39 is 0 Å². The molecule has 2 heterocycles. The number of phenolic OH excluding ortho intramolecular Hbond substituents is 1. The average Bonchev–Trinajstić information content (AvgIpc) is 2.81. The second-order valence-electron chi connectivity index (χ2n) is 6.83. The van der Waals surface area contributed by atoms with E-state index in [2.05, 4.69) is 25.6 Å². The minimum atomic E-state index is -0.307. The molecular weight excluding hydrogens is 452 g/mol. The fourth-order valence-electron chi connectivity index (χ4n) is 2.95. The monoisotopic (exact) mass is 472 g/mol. The fraction of sp³-hybridized carbons (Fsp3) is 0.238. The first-order valence-electron chi connectivity index (χ1n) is 9.89. The predicted molar refractivity (Wildman–Crippen MR) is 125 cm³/mol. The summed E-state index contributed by atoms with van der Waals surface area (Å²) >= 11 is 7.01. The van der Waals surface area contributed by atoms with Crippen LogP contribution in [0, 0.1) is 0 Å². The molecule has 4 rings (SSSR count). The molecule has 1 aliphatic heterocycles. The molecule has 1 amide bonds. The zero-order valence-corrected chi connectivity index (χ0v) is 18.6. The van der Waals surface area contributed by atoms with Crippen LogP contribution in [0.1, 0.15) is 0 Å². The molecule has 0 bridgehead atoms. The molecule has 3 aromatic rings. The Hall–Kier alpha value is -3.08. The van der Waals surface area contributed by atoms with Gasteiger partial charge >= 0.3 is 0 Å². The van der Waals surface area contributed by atoms with Gasteiger partial charge in [-0.3, -0.25) is 4.79 Å². The lowest BCUT2D eigenvalue weighted by molar-refractivity contribution is -0.113. The van der Waals surface area contributed by atoms with Crippen LogP contribution in [-0.4, -0.2) is 58.0 Å². The highest BCUT2D eigenvalue weighted by Gasteiger charge is 2.18. The number of nitrogens with zero attached hydrogens (tertiary/aromatic N) is 4. The Kier molecular flexibility index (Phi) is 7.25. The first kappa shape index (κ1) is 22.1. The number of thioether (sulfide) groups is 1. The van der Waals surface area contributed by atoms with Crippen LogP contribution in [0.2, 0.25) is 5.02 Å². The summed E-state index contributed by atoms with van der Waals surface area (Å²) in [5.74, 6) is 0.573. The number of ether oxygens (including phenoxy) is 1. The standard InChI is InChI=1S/C21H21ClN6O3S/c22-14-6-7-16(17(29)12-14)24-18(30)13-32-21-26-19(23-15-4-2-1-3-5-15)25-20(27-21)28-8-10-31-11-9-28/h1-7,12,29H,8-11,13H2,(H,24,30)(H,23,25,26,27). The number of morpholine rings is 1. The molecule has 0 aliphatic carbocycles. The Bertz CT molecular complexity index is 1080. The lowest BCUT2D eigenvalue weighted by Crippen LogP contribution is -2.37. The van der Waals surface area contributed by atoms with Crippen molar-refractivity contribution in [2.24, 2.45) is 0 Å². The van der Waals surface area contributed by atoms with E-state index in [1.165, 1.54) is 17.8 Å². The van der Waals surface area contributed by atoms with Crippen molar-refractivity contribution in [1.29, 1.82) is 0 Å². The van der Waals surface area contributed by atoms with Crippen molar-refractivity contribution < 1.29 is 14.6 Å². The predicted octanol–water partition coefficient (Wildman–Crippen LogP) is 3.54. The van der Waals surface area contributed by atoms with Gasteiger partial charge in [-0.05, 0) is 24.3 Å². The molecule has 9 nitrogen and oxygen atoms in total. The molecule has 166 valence electrons. The Labute approximate surface area is 194 Å². The molecule has 0 saturated carbocycles. The number of nitrogens with one attached hydrogen (secondary N) is 2. The zero-order valence-electron chi connectivity index (χ0n) is 17.0. The van der Waals surface area contributed by atoms with Gasteiger partial charge in [-0.15, -0.1) is 0 Å². The van der Waals surface area contributed by atoms with E-state index in [1.54, 1.807) is 12.1 Å². The number of halogens is 1. The Balaban J connectivity index is 1.48. The van der Waals surface area contributed by atoms with Gasteiger partial charge in [0.2, 0.25) is 17.8 Å². The molecule has 11 heteroatoms. The van der Waals surface area contributed by atoms with E-state index in [-0.39, 0.29) is 23.1 Å². The highest BCUT2D eigenvalue weighted by Crippen LogP contribution is 2.27. The maximum atomic E-state index is 12.4. The lowest BCUT2D eigenvalue weighted by Gasteiger charge is -2.27. The Morgan fingerprint density at radius 2 is 1.91 bits per heavy atom. The molecule has 1 saturated heterocycles. The SMILES string of the molecule is O=C(CSc1nc(Nc2ccccc2)nc(N2CCOCC2)n1)Nc1ccc(Cl)cc1O. The number of rotatable bonds is 7. The molecule has 3 N–H and O–H groups in total. The Morgan fingerprint density at radius 3 is 2.66 bits per heavy atom. The van der Waals surface area contributed by atoms with Crippen LogP contribution >= 0.6 is 23.4 Å². The number of aromatic hydroxyl groups is 1. The van der Waals surface area contributed by atoms with Gasteiger partial charge in [0.05, 0.1) is 24.7 Å². The number of anilines is 4. The number of hydrogen-bond acceptors (Lipinski definition) is 9. The second kappa shape index (κ2) is 10.5. The van der Waals surface area contributed by atoms with E-state index >= 15 is 0 Å². The smallest absolute Gasteiger partial charge is 0.234 e. The highest BCUT2D eigenvalue weighted by atomic mass is 35.5. The summed E-state index contributed by atoms with van der Waals surface area (Å²) < 4.78 is 5.41. The molecule has 1 aromatic heterocycles. The van der Waals surface area contributed by atoms with E-state index in [4.69, 9.17) is 16.3 Å². The maximum Gasteiger partial charge on any atom is 0.234 e. The fourth-order valence-corrected chi connectivity index (χ4v) is 3.74. The topological polar surface area (TPSA) is 113 Å². The molecule has 0 unspecified atom stereocenters. The molecule has 0 radical (unpaired) electrons. The minimum absolute atomic E-state index is 0.0550. The largest absolute Gasteiger partial charge is 0.506 e. The molecule has 32 heavy (non-hydrogen) atoms. The number of aromatic nitrogens is 3. The normalized spacial score (nSPS) is 13.6. The van der Waals surface area contributed by atoms with Crippen molar-refractivity contribution in [3.05, 3.63) is 53.6 Å². The van der Waals surface area contributed by atoms with Crippen LogP contribution in [0.5, 0.6) is 5.75 Å². The Morgan fingerprint density at radius 1 is 1.12 bits per heavy atom. The quantitative estimate of drug-likeness (QED) is 0.351. The van der Waals surface area contributed by atoms with E-state index in [0.29, 0.717) is 48.4 Å². The van der Waals surface area contributed by atoms with Gasteiger partial charge < -0.3 is 25.4 Å². The van der Waals surface area contributed by atoms with Gasteiger partial charge in [0.25, 0.3) is 0 Å². The third-order valence-electron chi connectivity index (χ3n) is 4.49. The van der Waals surface area contributed by atoms with E-state index in [1.807, 2.05) is 35.2 Å². The van der Waals surface area contributed by atoms with Crippen molar-refractivity contribution in [2.45, 2.75) is 5.16 Å². The molecule has 0 atom stereocenters. The van der Waals surface area contributed by atoms with Gasteiger partial charge in [0.1, 0.15) is 5.75 Å². The average molecular weight is 473 g/mol. The second-order valence-corrected chi connectivity index (χ2v) is 8.21. The number of para-hydroxylation sites is 1. The van der Waals surface area contributed by atoms with Crippen molar-refractivity contribution >= 4 is 52.5 Å². The number of phenols is 1. The van der Waals surface area contributed by atoms with Crippen molar-refractivity contribution in [1.82, 2.24) is 15.0 Å². The number of benzene rings is 2. The van der Waals surface area contributed by atoms with Gasteiger partial charge in [-0.2, -0.15) is 15.0 Å². The highest BCUT2D eigenvalue weighted by molar-refractivity contribution is 7.99. The van der Waals surface area contributed by atoms with Gasteiger partial charge in [0, 0.05) is 29.9 Å². The van der Waals surface area contributed by atoms with Gasteiger partial charge in [0.15, 0.2) is 5.16 Å². The van der Waals surface area contributed by atoms with Crippen molar-refractivity contribution in [2.75, 3.05) is 47.6 Å². The lowest BCUT2D eigenvalue weighted by atomic mass is 10.3. The summed E-state index contributed by atoms with van der Waals surface area (Å²) in [6.07, 6.45) is 0. The minimum Gasteiger partial charge on any atom is -0.506 e. The zero-order chi connectivity index (χ0) is 22.3. The van der Waals surface area contributed by atoms with Crippen molar-refractivity contribution in [3.63, 3.8) is 0 Å². The number of hydrogen-bond donors (Lipinski definition) is 3. The molecular formula is C21H21ClN6O3S. The van der Waals surface area contributed by atoms with E-state index in [9.17, 15) is 9.90 Å². The third-order valence-corrected chi connectivity index (χ3v) is 5.58. The maximum absolute atomic E-state index is 12.4. The first-order chi connectivity index (χ1) is 15.6. The molecule has 2 aromatic carbocycles. The van der Waals surface area contributed by atoms with Crippen LogP contribution in [-0.2, 0) is 9.53 Å². The first-order valence-corrected chi connectivity index (χ1v) is 11.3. The van der Waals surface area contributed by atoms with Crippen LogP contribution < -0.4 is 15.5 Å².